The highest BCUT2D eigenvalue weighted by Crippen LogP contribution is 2.11. The highest BCUT2D eigenvalue weighted by molar-refractivity contribution is 5.74. The van der Waals surface area contributed by atoms with Crippen LogP contribution in [0, 0.1) is 5.82 Å². The van der Waals surface area contributed by atoms with Crippen molar-refractivity contribution in [2.45, 2.75) is 45.6 Å². The molecule has 2 aromatic carbocycles. The largest absolute Gasteiger partial charge is 0.326 e. The van der Waals surface area contributed by atoms with Gasteiger partial charge in [0, 0.05) is 6.54 Å². The Bertz CT molecular complexity index is 913. The van der Waals surface area contributed by atoms with Gasteiger partial charge in [-0.15, -0.1) is 0 Å². The van der Waals surface area contributed by atoms with Crippen molar-refractivity contribution >= 4 is 11.0 Å². The van der Waals surface area contributed by atoms with E-state index in [4.69, 9.17) is 0 Å². The maximum atomic E-state index is 13.0. The van der Waals surface area contributed by atoms with Gasteiger partial charge in [-0.05, 0) is 81.6 Å². The molecule has 0 unspecified atom stereocenters. The lowest BCUT2D eigenvalue weighted by Crippen LogP contribution is -2.27. The molecule has 0 aliphatic carbocycles. The first-order chi connectivity index (χ1) is 13.7. The first-order valence-electron chi connectivity index (χ1n) is 10.3. The second-order valence-electron chi connectivity index (χ2n) is 7.38. The highest BCUT2D eigenvalue weighted by atomic mass is 19.1. The summed E-state index contributed by atoms with van der Waals surface area (Å²) in [5, 5.41) is 0. The molecule has 0 aliphatic rings. The van der Waals surface area contributed by atoms with E-state index in [1.807, 2.05) is 41.0 Å². The number of imidazole rings is 1. The maximum Gasteiger partial charge on any atom is 0.326 e. The van der Waals surface area contributed by atoms with Crippen LogP contribution < -0.4 is 5.69 Å². The smallest absolute Gasteiger partial charge is 0.306 e. The minimum absolute atomic E-state index is 0.0223. The summed E-state index contributed by atoms with van der Waals surface area (Å²) < 4.78 is 14.8. The Morgan fingerprint density at radius 1 is 0.964 bits per heavy atom. The number of unbranched alkanes of at least 4 members (excludes halogenated alkanes) is 1. The monoisotopic (exact) mass is 383 g/mol. The lowest BCUT2D eigenvalue weighted by Gasteiger charge is -2.21. The predicted octanol–water partition coefficient (Wildman–Crippen LogP) is 4.59. The number of rotatable bonds is 11. The van der Waals surface area contributed by atoms with Crippen molar-refractivity contribution in [3.63, 3.8) is 0 Å². The van der Waals surface area contributed by atoms with Crippen LogP contribution in [0.1, 0.15) is 38.2 Å². The number of fused-ring (bicyclic) bond motifs is 1. The van der Waals surface area contributed by atoms with Crippen molar-refractivity contribution in [2.75, 3.05) is 19.6 Å². The number of aryl methyl sites for hydroxylation is 2. The maximum absolute atomic E-state index is 13.0. The molecule has 0 saturated heterocycles. The predicted molar refractivity (Wildman–Crippen MR) is 113 cm³/mol. The Morgan fingerprint density at radius 2 is 1.71 bits per heavy atom. The Labute approximate surface area is 166 Å². The number of aromatic amines is 1. The molecule has 28 heavy (non-hydrogen) atoms. The molecule has 0 saturated carbocycles. The van der Waals surface area contributed by atoms with Crippen LogP contribution in [-0.2, 0) is 13.0 Å². The summed E-state index contributed by atoms with van der Waals surface area (Å²) in [5.41, 5.74) is 3.06. The van der Waals surface area contributed by atoms with Gasteiger partial charge in [-0.25, -0.2) is 9.18 Å². The summed E-state index contributed by atoms with van der Waals surface area (Å²) in [5.74, 6) is -0.175. The van der Waals surface area contributed by atoms with Gasteiger partial charge in [-0.2, -0.15) is 0 Å². The average molecular weight is 384 g/mol. The average Bonchev–Trinajstić information content (AvgIpc) is 3.02. The van der Waals surface area contributed by atoms with Gasteiger partial charge in [0.1, 0.15) is 5.82 Å². The van der Waals surface area contributed by atoms with Crippen molar-refractivity contribution < 1.29 is 4.39 Å². The van der Waals surface area contributed by atoms with Crippen molar-refractivity contribution in [2.24, 2.45) is 0 Å². The van der Waals surface area contributed by atoms with Gasteiger partial charge >= 0.3 is 5.69 Å². The zero-order valence-corrected chi connectivity index (χ0v) is 16.7. The molecule has 3 rings (SSSR count). The number of para-hydroxylation sites is 2. The first kappa shape index (κ1) is 20.3. The molecule has 3 aromatic rings. The van der Waals surface area contributed by atoms with E-state index in [0.29, 0.717) is 0 Å². The number of benzene rings is 2. The van der Waals surface area contributed by atoms with Crippen molar-refractivity contribution in [3.8, 4) is 0 Å². The molecule has 0 spiro atoms. The zero-order chi connectivity index (χ0) is 19.8. The molecule has 4 nitrogen and oxygen atoms in total. The minimum Gasteiger partial charge on any atom is -0.306 e. The number of nitrogens with one attached hydrogen (secondary N) is 1. The highest BCUT2D eigenvalue weighted by Gasteiger charge is 2.07. The first-order valence-corrected chi connectivity index (χ1v) is 10.3. The molecule has 1 N–H and O–H groups in total. The van der Waals surface area contributed by atoms with Crippen LogP contribution in [0.15, 0.2) is 53.3 Å². The lowest BCUT2D eigenvalue weighted by atomic mass is 10.1. The van der Waals surface area contributed by atoms with Crippen molar-refractivity contribution in [1.29, 1.82) is 0 Å². The van der Waals surface area contributed by atoms with E-state index in [1.165, 1.54) is 17.7 Å². The molecule has 5 heteroatoms. The van der Waals surface area contributed by atoms with E-state index in [-0.39, 0.29) is 11.5 Å². The summed E-state index contributed by atoms with van der Waals surface area (Å²) in [6, 6.07) is 14.7. The SMILES string of the molecule is CCCN(CCCCn1c(=O)[nH]c2ccccc21)CCCc1ccc(F)cc1. The van der Waals surface area contributed by atoms with Gasteiger partial charge in [0.2, 0.25) is 0 Å². The molecule has 0 radical (unpaired) electrons. The standard InChI is InChI=1S/C23H30FN3O/c1-2-15-26(17-7-8-19-11-13-20(24)14-12-19)16-5-6-18-27-22-10-4-3-9-21(22)25-23(27)28/h3-4,9-14H,2,5-8,15-18H2,1H3,(H,25,28). The van der Waals surface area contributed by atoms with Crippen LogP contribution in [0.4, 0.5) is 4.39 Å². The van der Waals surface area contributed by atoms with E-state index >= 15 is 0 Å². The number of hydrogen-bond acceptors (Lipinski definition) is 2. The third kappa shape index (κ3) is 5.55. The van der Waals surface area contributed by atoms with Gasteiger partial charge < -0.3 is 9.88 Å². The van der Waals surface area contributed by atoms with E-state index < -0.39 is 0 Å². The molecule has 0 aliphatic heterocycles. The van der Waals surface area contributed by atoms with Crippen LogP contribution in [0.2, 0.25) is 0 Å². The summed E-state index contributed by atoms with van der Waals surface area (Å²) in [4.78, 5) is 17.6. The molecule has 0 atom stereocenters. The minimum atomic E-state index is -0.175. The van der Waals surface area contributed by atoms with Crippen LogP contribution in [-0.4, -0.2) is 34.1 Å². The lowest BCUT2D eigenvalue weighted by molar-refractivity contribution is 0.263. The van der Waals surface area contributed by atoms with Gasteiger partial charge in [0.05, 0.1) is 11.0 Å². The second kappa shape index (κ2) is 10.2. The fraction of sp³-hybridized carbons (Fsp3) is 0.435. The van der Waals surface area contributed by atoms with Crippen LogP contribution in [0.25, 0.3) is 11.0 Å². The Balaban J connectivity index is 1.43. The van der Waals surface area contributed by atoms with Crippen molar-refractivity contribution in [1.82, 2.24) is 14.5 Å². The summed E-state index contributed by atoms with van der Waals surface area (Å²) in [6.45, 7) is 6.15. The molecular formula is C23H30FN3O. The Morgan fingerprint density at radius 3 is 2.50 bits per heavy atom. The molecule has 1 aromatic heterocycles. The second-order valence-corrected chi connectivity index (χ2v) is 7.38. The third-order valence-corrected chi connectivity index (χ3v) is 5.18. The van der Waals surface area contributed by atoms with E-state index in [2.05, 4.69) is 16.8 Å². The van der Waals surface area contributed by atoms with Crippen LogP contribution >= 0.6 is 0 Å². The van der Waals surface area contributed by atoms with Crippen LogP contribution in [0.5, 0.6) is 0 Å². The van der Waals surface area contributed by atoms with Gasteiger partial charge in [-0.1, -0.05) is 31.2 Å². The molecular weight excluding hydrogens is 353 g/mol. The molecule has 0 fully saturated rings. The topological polar surface area (TPSA) is 41.0 Å². The van der Waals surface area contributed by atoms with E-state index in [9.17, 15) is 9.18 Å². The Kier molecular flexibility index (Phi) is 7.43. The Hall–Kier alpha value is -2.40. The van der Waals surface area contributed by atoms with Gasteiger partial charge in [0.15, 0.2) is 0 Å². The van der Waals surface area contributed by atoms with Gasteiger partial charge in [-0.3, -0.25) is 4.57 Å². The quantitative estimate of drug-likeness (QED) is 0.492. The molecule has 1 heterocycles. The third-order valence-electron chi connectivity index (χ3n) is 5.18. The van der Waals surface area contributed by atoms with E-state index in [0.717, 1.165) is 69.3 Å². The van der Waals surface area contributed by atoms with Crippen molar-refractivity contribution in [3.05, 3.63) is 70.4 Å². The normalized spacial score (nSPS) is 11.5. The fourth-order valence-corrected chi connectivity index (χ4v) is 3.74. The number of halogens is 1. The zero-order valence-electron chi connectivity index (χ0n) is 16.7. The number of H-pyrrole nitrogens is 1. The van der Waals surface area contributed by atoms with Crippen LogP contribution in [0.3, 0.4) is 0 Å². The van der Waals surface area contributed by atoms with E-state index in [1.54, 1.807) is 0 Å². The number of aromatic nitrogens is 2. The summed E-state index contributed by atoms with van der Waals surface area (Å²) >= 11 is 0. The summed E-state index contributed by atoms with van der Waals surface area (Å²) in [7, 11) is 0. The number of nitrogens with zero attached hydrogens (tertiary/aromatic N) is 2. The number of hydrogen-bond donors (Lipinski definition) is 1. The molecule has 0 amide bonds. The fourth-order valence-electron chi connectivity index (χ4n) is 3.74. The summed E-state index contributed by atoms with van der Waals surface area (Å²) in [6.07, 6.45) is 5.25. The molecule has 150 valence electrons. The van der Waals surface area contributed by atoms with Gasteiger partial charge in [0.25, 0.3) is 0 Å². The molecule has 0 bridgehead atoms.